The molecule has 0 saturated heterocycles. The lowest BCUT2D eigenvalue weighted by Crippen LogP contribution is -2.35. The number of aromatic nitrogens is 1. The molecule has 7 aliphatic carbocycles. The Hall–Kier alpha value is -7.62. The van der Waals surface area contributed by atoms with Crippen molar-refractivity contribution in [2.45, 2.75) is 49.0 Å². The maximum atomic E-state index is 2.69. The first-order valence-corrected chi connectivity index (χ1v) is 23.8. The van der Waals surface area contributed by atoms with E-state index in [0.29, 0.717) is 0 Å². The van der Waals surface area contributed by atoms with Crippen LogP contribution in [0.3, 0.4) is 0 Å². The van der Waals surface area contributed by atoms with Gasteiger partial charge in [0.15, 0.2) is 0 Å². The van der Waals surface area contributed by atoms with Gasteiger partial charge < -0.3 is 14.4 Å². The monoisotopic (exact) mass is 845 g/mol. The van der Waals surface area contributed by atoms with E-state index in [0.717, 1.165) is 42.7 Å². The van der Waals surface area contributed by atoms with Gasteiger partial charge in [0.2, 0.25) is 0 Å². The number of fused-ring (bicyclic) bond motifs is 9. The molecule has 1 aromatic heterocycles. The molecule has 2 fully saturated rings. The van der Waals surface area contributed by atoms with Gasteiger partial charge in [-0.1, -0.05) is 157 Å². The maximum absolute atomic E-state index is 2.69. The average Bonchev–Trinajstić information content (AvgIpc) is 4.24. The van der Waals surface area contributed by atoms with Crippen molar-refractivity contribution >= 4 is 69.7 Å². The van der Waals surface area contributed by atoms with E-state index in [9.17, 15) is 0 Å². The summed E-state index contributed by atoms with van der Waals surface area (Å²) in [5.74, 6) is 0. The van der Waals surface area contributed by atoms with Gasteiger partial charge in [0.1, 0.15) is 0 Å². The first kappa shape index (κ1) is 36.7. The van der Waals surface area contributed by atoms with Crippen molar-refractivity contribution in [3.8, 4) is 5.69 Å². The SMILES string of the molecule is Cc1ccc(N(c2ccc(N3c4c(ccc5c4C=CCC=C5)C45CC34C=Cc3ccccc35)cc2)c2ccc(-n3c4c(c5ccc6c(c53)C=CC=CC6)C35C=CC=CC3(C=C4)C5)cc2)cc1. The fraction of sp³-hybridized carbons (Fsp3) is 0.143. The van der Waals surface area contributed by atoms with Crippen molar-refractivity contribution < 1.29 is 0 Å². The molecule has 4 atom stereocenters. The van der Waals surface area contributed by atoms with Crippen LogP contribution in [0.4, 0.5) is 28.4 Å². The number of allylic oxidation sites excluding steroid dienone is 10. The summed E-state index contributed by atoms with van der Waals surface area (Å²) in [5, 5.41) is 1.37. The first-order valence-electron chi connectivity index (χ1n) is 23.8. The van der Waals surface area contributed by atoms with Crippen molar-refractivity contribution in [2.75, 3.05) is 9.80 Å². The van der Waals surface area contributed by atoms with Gasteiger partial charge in [-0.2, -0.15) is 0 Å². The lowest BCUT2D eigenvalue weighted by atomic mass is 9.78. The molecule has 7 aromatic rings. The molecule has 8 aliphatic rings. The molecule has 6 aromatic carbocycles. The Kier molecular flexibility index (Phi) is 7.11. The van der Waals surface area contributed by atoms with Gasteiger partial charge in [0, 0.05) is 55.8 Å². The van der Waals surface area contributed by atoms with Crippen LogP contribution in [0.2, 0.25) is 0 Å². The zero-order valence-corrected chi connectivity index (χ0v) is 37.0. The molecule has 2 saturated carbocycles. The van der Waals surface area contributed by atoms with Gasteiger partial charge in [-0.05, 0) is 133 Å². The highest BCUT2D eigenvalue weighted by atomic mass is 15.3. The summed E-state index contributed by atoms with van der Waals surface area (Å²) in [6.45, 7) is 2.17. The van der Waals surface area contributed by atoms with Gasteiger partial charge in [-0.25, -0.2) is 0 Å². The van der Waals surface area contributed by atoms with Gasteiger partial charge in [-0.3, -0.25) is 0 Å². The highest BCUT2D eigenvalue weighted by molar-refractivity contribution is 6.01. The predicted octanol–water partition coefficient (Wildman–Crippen LogP) is 15.4. The molecule has 66 heavy (non-hydrogen) atoms. The van der Waals surface area contributed by atoms with Crippen LogP contribution in [-0.2, 0) is 17.3 Å². The summed E-state index contributed by atoms with van der Waals surface area (Å²) in [6.07, 6.45) is 41.6. The summed E-state index contributed by atoms with van der Waals surface area (Å²) >= 11 is 0. The molecule has 0 amide bonds. The molecular weight excluding hydrogens is 799 g/mol. The highest BCUT2D eigenvalue weighted by Gasteiger charge is 2.77. The number of hydrogen-bond acceptors (Lipinski definition) is 2. The van der Waals surface area contributed by atoms with Crippen LogP contribution in [0, 0.1) is 12.3 Å². The van der Waals surface area contributed by atoms with E-state index in [2.05, 4.69) is 240 Å². The van der Waals surface area contributed by atoms with Crippen molar-refractivity contribution in [1.29, 1.82) is 0 Å². The van der Waals surface area contributed by atoms with E-state index in [1.807, 2.05) is 0 Å². The summed E-state index contributed by atoms with van der Waals surface area (Å²) < 4.78 is 2.56. The zero-order valence-electron chi connectivity index (χ0n) is 37.0. The van der Waals surface area contributed by atoms with Crippen LogP contribution >= 0.6 is 0 Å². The van der Waals surface area contributed by atoms with Crippen LogP contribution in [0.5, 0.6) is 0 Å². The molecule has 3 heteroatoms. The summed E-state index contributed by atoms with van der Waals surface area (Å²) in [7, 11) is 0. The fourth-order valence-corrected chi connectivity index (χ4v) is 13.5. The summed E-state index contributed by atoms with van der Waals surface area (Å²) in [6, 6.07) is 46.3. The number of benzene rings is 6. The van der Waals surface area contributed by atoms with Crippen LogP contribution in [-0.4, -0.2) is 10.1 Å². The predicted molar refractivity (Wildman–Crippen MR) is 275 cm³/mol. The van der Waals surface area contributed by atoms with Gasteiger partial charge in [-0.15, -0.1) is 0 Å². The normalized spacial score (nSPS) is 25.4. The third kappa shape index (κ3) is 4.58. The smallest absolute Gasteiger partial charge is 0.0788 e. The van der Waals surface area contributed by atoms with E-state index >= 15 is 0 Å². The van der Waals surface area contributed by atoms with Crippen molar-refractivity contribution in [2.24, 2.45) is 5.41 Å². The molecule has 0 N–H and O–H groups in total. The van der Waals surface area contributed by atoms with Crippen LogP contribution in [0.15, 0.2) is 188 Å². The second-order valence-electron chi connectivity index (χ2n) is 19.8. The Morgan fingerprint density at radius 1 is 0.545 bits per heavy atom. The standard InChI is InChI=1S/C63H47N3/c1-42-18-22-46(23-19-42)64(47-24-26-49(27-25-47)65-56-35-38-60-36-10-11-37-61(60,40-60)57(56)53-32-20-43-12-4-2-6-15-51(43)58(53)65)48-28-30-50(31-29-48)66-59-52-16-7-3-5-13-44(52)21-33-55(59)63-41-62(63,66)39-34-45-14-8-9-17-54(45)63/h2,4-11,13-39H,3,12,40-41H2,1H3. The first-order chi connectivity index (χ1) is 32.5. The molecule has 3 nitrogen and oxygen atoms in total. The van der Waals surface area contributed by atoms with Gasteiger partial charge >= 0.3 is 0 Å². The third-order valence-electron chi connectivity index (χ3n) is 16.6. The second kappa shape index (κ2) is 12.8. The van der Waals surface area contributed by atoms with E-state index in [-0.39, 0.29) is 21.8 Å². The number of rotatable bonds is 5. The third-order valence-corrected chi connectivity index (χ3v) is 16.6. The number of hydrogen-bond donors (Lipinski definition) is 0. The van der Waals surface area contributed by atoms with Gasteiger partial charge in [0.25, 0.3) is 0 Å². The summed E-state index contributed by atoms with van der Waals surface area (Å²) in [5.41, 5.74) is 21.9. The number of nitrogens with zero attached hydrogens (tertiary/aromatic N) is 3. The van der Waals surface area contributed by atoms with Gasteiger partial charge in [0.05, 0.1) is 27.9 Å². The molecular formula is C63H47N3. The molecule has 314 valence electrons. The number of anilines is 5. The Morgan fingerprint density at radius 2 is 1.32 bits per heavy atom. The molecule has 0 radical (unpaired) electrons. The Bertz CT molecular complexity index is 3550. The second-order valence-corrected chi connectivity index (χ2v) is 19.8. The average molecular weight is 846 g/mol. The zero-order chi connectivity index (χ0) is 43.4. The molecule has 2 heterocycles. The lowest BCUT2D eigenvalue weighted by Gasteiger charge is -2.33. The molecule has 0 spiro atoms. The number of aryl methyl sites for hydroxylation is 1. The van der Waals surface area contributed by atoms with Crippen molar-refractivity contribution in [1.82, 2.24) is 4.57 Å². The topological polar surface area (TPSA) is 11.4 Å². The highest BCUT2D eigenvalue weighted by Crippen LogP contribution is 2.77. The Morgan fingerprint density at radius 3 is 2.17 bits per heavy atom. The molecule has 15 rings (SSSR count). The minimum absolute atomic E-state index is 0.00649. The summed E-state index contributed by atoms with van der Waals surface area (Å²) in [4.78, 5) is 5.11. The van der Waals surface area contributed by atoms with Crippen LogP contribution in [0.25, 0.3) is 47.0 Å². The van der Waals surface area contributed by atoms with Crippen LogP contribution in [0.1, 0.15) is 75.0 Å². The lowest BCUT2D eigenvalue weighted by molar-refractivity contribution is 0.691. The largest absolute Gasteiger partial charge is 0.330 e. The van der Waals surface area contributed by atoms with Crippen LogP contribution < -0.4 is 9.80 Å². The van der Waals surface area contributed by atoms with E-state index < -0.39 is 0 Å². The minimum atomic E-state index is -0.150. The molecule has 1 aliphatic heterocycles. The molecule has 4 unspecified atom stereocenters. The molecule has 0 bridgehead atoms. The van der Waals surface area contributed by atoms with E-state index in [4.69, 9.17) is 0 Å². The Labute approximate surface area is 386 Å². The Balaban J connectivity index is 0.861. The quantitative estimate of drug-likeness (QED) is 0.171. The minimum Gasteiger partial charge on any atom is -0.330 e. The van der Waals surface area contributed by atoms with E-state index in [1.165, 1.54) is 83.7 Å². The van der Waals surface area contributed by atoms with Crippen molar-refractivity contribution in [3.63, 3.8) is 0 Å². The fourth-order valence-electron chi connectivity index (χ4n) is 13.5. The van der Waals surface area contributed by atoms with E-state index in [1.54, 1.807) is 0 Å². The maximum Gasteiger partial charge on any atom is 0.0788 e. The van der Waals surface area contributed by atoms with Crippen molar-refractivity contribution in [3.05, 3.63) is 244 Å².